The van der Waals surface area contributed by atoms with E-state index in [9.17, 15) is 9.59 Å². The molecule has 0 rings (SSSR count). The molecule has 0 aliphatic carbocycles. The fraction of sp³-hybridized carbons (Fsp3) is 0.833. The first-order valence-corrected chi connectivity index (χ1v) is 14.2. The zero-order valence-corrected chi connectivity index (χ0v) is 13.7. The fourth-order valence-corrected chi connectivity index (χ4v) is 12.9. The molecule has 16 heavy (non-hydrogen) atoms. The van der Waals surface area contributed by atoms with Crippen LogP contribution in [-0.2, 0) is 31.6 Å². The summed E-state index contributed by atoms with van der Waals surface area (Å²) < 4.78 is 9.86. The molecule has 0 atom stereocenters. The maximum atomic E-state index is 11.7. The molecule has 0 N–H and O–H groups in total. The van der Waals surface area contributed by atoms with Crippen LogP contribution in [0.2, 0.25) is 16.5 Å². The minimum atomic E-state index is -3.30. The molecule has 0 unspecified atom stereocenters. The number of hydrogen-bond acceptors (Lipinski definition) is 3. The van der Waals surface area contributed by atoms with Crippen molar-refractivity contribution in [2.45, 2.75) is 57.6 Å². The van der Waals surface area contributed by atoms with Crippen molar-refractivity contribution < 1.29 is 31.6 Å². The zero-order valence-electron chi connectivity index (χ0n) is 11.3. The van der Waals surface area contributed by atoms with Gasteiger partial charge >= 0.3 is 101 Å². The summed E-state index contributed by atoms with van der Waals surface area (Å²) in [6.07, 6.45) is -0.0656. The van der Waals surface area contributed by atoms with E-state index in [0.29, 0.717) is 0 Å². The average molecular weight is 309 g/mol. The number of rotatable bonds is 7. The Balaban J connectivity index is 4.93. The van der Waals surface area contributed by atoms with Crippen molar-refractivity contribution >= 4 is 11.8 Å². The standard InChI is InChI=1S/C4H6O3.4C2H5.Zr/c1-3(5)2-4(6)7;4*1-2;/h2H2,1H3,(H,6,7);4*1H2,2H3;/q;;;;;+1/p-1. The summed E-state index contributed by atoms with van der Waals surface area (Å²) in [5.74, 6) is -0.412. The molecule has 0 heterocycles. The Kier molecular flexibility index (Phi) is 6.10. The van der Waals surface area contributed by atoms with Crippen molar-refractivity contribution in [3.05, 3.63) is 0 Å². The SMILES string of the molecule is C[CH2][Zr]([CH2]C)([CH2]C)([CH2]C)[O]C(=O)CC(C)=O. The molecule has 0 bridgehead atoms. The van der Waals surface area contributed by atoms with Gasteiger partial charge in [0.25, 0.3) is 0 Å². The van der Waals surface area contributed by atoms with Gasteiger partial charge in [0.1, 0.15) is 0 Å². The number of carbonyl (C=O) groups excluding carboxylic acids is 2. The molecule has 0 aromatic carbocycles. The number of Topliss-reactive ketones (excluding diaryl/α,β-unsaturated/α-hetero) is 1. The molecular formula is C12H25O3Zr. The Morgan fingerprint density at radius 1 is 0.938 bits per heavy atom. The van der Waals surface area contributed by atoms with Gasteiger partial charge in [0.2, 0.25) is 0 Å². The van der Waals surface area contributed by atoms with Gasteiger partial charge in [0.05, 0.1) is 0 Å². The number of ketones is 1. The molecule has 0 saturated heterocycles. The molecule has 0 aliphatic heterocycles. The second kappa shape index (κ2) is 6.09. The zero-order chi connectivity index (χ0) is 12.8. The topological polar surface area (TPSA) is 43.4 Å². The van der Waals surface area contributed by atoms with E-state index in [1.54, 1.807) is 0 Å². The average Bonchev–Trinajstić information content (AvgIpc) is 2.26. The third-order valence-electron chi connectivity index (χ3n) is 4.37. The third kappa shape index (κ3) is 3.51. The Morgan fingerprint density at radius 2 is 1.31 bits per heavy atom. The Morgan fingerprint density at radius 3 is 1.56 bits per heavy atom. The summed E-state index contributed by atoms with van der Waals surface area (Å²) >= 11 is -3.30. The van der Waals surface area contributed by atoms with E-state index in [4.69, 9.17) is 2.81 Å². The first-order chi connectivity index (χ1) is 7.37. The molecular weight excluding hydrogens is 283 g/mol. The number of hydrogen-bond donors (Lipinski definition) is 0. The molecule has 0 radical (unpaired) electrons. The fourth-order valence-electron chi connectivity index (χ4n) is 2.35. The Hall–Kier alpha value is 0.0231. The Bertz CT molecular complexity index is 246. The van der Waals surface area contributed by atoms with Crippen molar-refractivity contribution in [2.24, 2.45) is 0 Å². The van der Waals surface area contributed by atoms with Crippen molar-refractivity contribution in [1.29, 1.82) is 0 Å². The van der Waals surface area contributed by atoms with E-state index >= 15 is 0 Å². The van der Waals surface area contributed by atoms with Crippen molar-refractivity contribution in [1.82, 2.24) is 0 Å². The monoisotopic (exact) mass is 307 g/mol. The van der Waals surface area contributed by atoms with Crippen LogP contribution in [0.5, 0.6) is 0 Å². The Labute approximate surface area is 101 Å². The van der Waals surface area contributed by atoms with Gasteiger partial charge in [-0.1, -0.05) is 0 Å². The maximum absolute atomic E-state index is 11.7. The molecule has 0 spiro atoms. The van der Waals surface area contributed by atoms with Crippen molar-refractivity contribution in [2.75, 3.05) is 0 Å². The van der Waals surface area contributed by atoms with Gasteiger partial charge in [-0.25, -0.2) is 0 Å². The van der Waals surface area contributed by atoms with Crippen LogP contribution in [0.1, 0.15) is 41.0 Å². The van der Waals surface area contributed by atoms with Crippen LogP contribution in [0.15, 0.2) is 0 Å². The predicted molar refractivity (Wildman–Crippen MR) is 63.3 cm³/mol. The van der Waals surface area contributed by atoms with Crippen LogP contribution >= 0.6 is 0 Å². The van der Waals surface area contributed by atoms with E-state index in [2.05, 4.69) is 27.7 Å². The molecule has 0 amide bonds. The van der Waals surface area contributed by atoms with Crippen LogP contribution in [0.4, 0.5) is 0 Å². The summed E-state index contributed by atoms with van der Waals surface area (Å²) in [5.41, 5.74) is 0. The molecule has 3 nitrogen and oxygen atoms in total. The van der Waals surface area contributed by atoms with Gasteiger partial charge in [-0.2, -0.15) is 0 Å². The van der Waals surface area contributed by atoms with E-state index in [1.165, 1.54) is 6.92 Å². The molecule has 0 saturated carbocycles. The normalized spacial score (nSPS) is 13.9. The van der Waals surface area contributed by atoms with Gasteiger partial charge in [-0.3, -0.25) is 0 Å². The van der Waals surface area contributed by atoms with Crippen molar-refractivity contribution in [3.8, 4) is 0 Å². The van der Waals surface area contributed by atoms with E-state index in [1.807, 2.05) is 0 Å². The summed E-state index contributed by atoms with van der Waals surface area (Å²) in [4.78, 5) is 22.6. The molecule has 0 aromatic rings. The minimum absolute atomic E-state index is 0.0656. The van der Waals surface area contributed by atoms with Crippen LogP contribution in [0, 0.1) is 0 Å². The molecule has 0 aliphatic rings. The summed E-state index contributed by atoms with van der Waals surface area (Å²) in [7, 11) is 0. The van der Waals surface area contributed by atoms with E-state index in [0.717, 1.165) is 16.5 Å². The van der Waals surface area contributed by atoms with Crippen LogP contribution in [0.25, 0.3) is 0 Å². The molecule has 95 valence electrons. The van der Waals surface area contributed by atoms with Gasteiger partial charge in [0.15, 0.2) is 0 Å². The second-order valence-electron chi connectivity index (χ2n) is 4.84. The first kappa shape index (κ1) is 16.0. The quantitative estimate of drug-likeness (QED) is 0.671. The van der Waals surface area contributed by atoms with E-state index < -0.39 is 19.2 Å². The van der Waals surface area contributed by atoms with Crippen molar-refractivity contribution in [3.63, 3.8) is 0 Å². The van der Waals surface area contributed by atoms with Gasteiger partial charge in [-0.15, -0.1) is 0 Å². The van der Waals surface area contributed by atoms with Gasteiger partial charge in [0, 0.05) is 0 Å². The molecule has 0 fully saturated rings. The number of carbonyl (C=O) groups is 2. The van der Waals surface area contributed by atoms with Crippen LogP contribution in [0.3, 0.4) is 0 Å². The second-order valence-corrected chi connectivity index (χ2v) is 22.5. The summed E-state index contributed by atoms with van der Waals surface area (Å²) in [5, 5.41) is 0. The van der Waals surface area contributed by atoms with Crippen LogP contribution < -0.4 is 0 Å². The van der Waals surface area contributed by atoms with Gasteiger partial charge in [-0.05, 0) is 0 Å². The summed E-state index contributed by atoms with van der Waals surface area (Å²) in [6.45, 7) is 9.94. The van der Waals surface area contributed by atoms with Gasteiger partial charge < -0.3 is 0 Å². The third-order valence-corrected chi connectivity index (χ3v) is 23.9. The predicted octanol–water partition coefficient (Wildman–Crippen LogP) is 3.87. The molecule has 0 aromatic heterocycles. The van der Waals surface area contributed by atoms with E-state index in [-0.39, 0.29) is 18.2 Å². The first-order valence-electron chi connectivity index (χ1n) is 6.27. The van der Waals surface area contributed by atoms with Crippen LogP contribution in [-0.4, -0.2) is 11.8 Å². The summed E-state index contributed by atoms with van der Waals surface area (Å²) in [6, 6.07) is 0. The molecule has 4 heteroatoms.